The highest BCUT2D eigenvalue weighted by molar-refractivity contribution is 4.54. The molecule has 2 nitrogen and oxygen atoms in total. The first-order valence-electron chi connectivity index (χ1n) is 8.28. The third-order valence-corrected chi connectivity index (χ3v) is 3.33. The predicted octanol–water partition coefficient (Wildman–Crippen LogP) is 4.59. The number of ether oxygens (including phenoxy) is 1. The molecule has 0 aromatic rings. The van der Waals surface area contributed by atoms with Crippen LogP contribution in [0.2, 0.25) is 0 Å². The van der Waals surface area contributed by atoms with Crippen molar-refractivity contribution in [3.05, 3.63) is 0 Å². The molecule has 0 aliphatic rings. The summed E-state index contributed by atoms with van der Waals surface area (Å²) >= 11 is 0. The lowest BCUT2D eigenvalue weighted by molar-refractivity contribution is 0.118. The van der Waals surface area contributed by atoms with Gasteiger partial charge in [-0.15, -0.1) is 0 Å². The summed E-state index contributed by atoms with van der Waals surface area (Å²) in [6.45, 7) is 13.4. The molecule has 0 fully saturated rings. The predicted molar refractivity (Wildman–Crippen MR) is 85.7 cm³/mol. The Morgan fingerprint density at radius 3 is 2.05 bits per heavy atom. The van der Waals surface area contributed by atoms with Crippen molar-refractivity contribution in [3.8, 4) is 0 Å². The minimum atomic E-state index is 0.761. The molecule has 116 valence electrons. The van der Waals surface area contributed by atoms with Gasteiger partial charge in [0.25, 0.3) is 0 Å². The second-order valence-electron chi connectivity index (χ2n) is 6.72. The van der Waals surface area contributed by atoms with Crippen LogP contribution >= 0.6 is 0 Å². The second-order valence-corrected chi connectivity index (χ2v) is 6.72. The molecule has 0 atom stereocenters. The van der Waals surface area contributed by atoms with Gasteiger partial charge in [-0.2, -0.15) is 0 Å². The lowest BCUT2D eigenvalue weighted by Crippen LogP contribution is -2.25. The Balaban J connectivity index is 3.10. The van der Waals surface area contributed by atoms with E-state index in [1.54, 1.807) is 0 Å². The number of hydrogen-bond acceptors (Lipinski definition) is 2. The van der Waals surface area contributed by atoms with Gasteiger partial charge >= 0.3 is 0 Å². The van der Waals surface area contributed by atoms with E-state index in [4.69, 9.17) is 4.74 Å². The van der Waals surface area contributed by atoms with E-state index in [9.17, 15) is 0 Å². The van der Waals surface area contributed by atoms with Crippen LogP contribution in [-0.4, -0.2) is 38.3 Å². The quantitative estimate of drug-likeness (QED) is 0.454. The van der Waals surface area contributed by atoms with E-state index in [1.165, 1.54) is 38.6 Å². The zero-order chi connectivity index (χ0) is 14.5. The summed E-state index contributed by atoms with van der Waals surface area (Å²) in [5.41, 5.74) is 0. The maximum Gasteiger partial charge on any atom is 0.0478 e. The number of rotatable bonds is 13. The van der Waals surface area contributed by atoms with E-state index in [0.29, 0.717) is 0 Å². The van der Waals surface area contributed by atoms with Crippen molar-refractivity contribution in [1.29, 1.82) is 0 Å². The highest BCUT2D eigenvalue weighted by atomic mass is 16.5. The molecular formula is C17H37NO. The monoisotopic (exact) mass is 271 g/mol. The van der Waals surface area contributed by atoms with E-state index < -0.39 is 0 Å². The fourth-order valence-corrected chi connectivity index (χ4v) is 2.36. The van der Waals surface area contributed by atoms with Crippen LogP contribution in [0.15, 0.2) is 0 Å². The van der Waals surface area contributed by atoms with Crippen LogP contribution in [0.3, 0.4) is 0 Å². The minimum absolute atomic E-state index is 0.761. The third kappa shape index (κ3) is 15.9. The van der Waals surface area contributed by atoms with Crippen molar-refractivity contribution in [3.63, 3.8) is 0 Å². The van der Waals surface area contributed by atoms with Gasteiger partial charge in [0.1, 0.15) is 0 Å². The average Bonchev–Trinajstić information content (AvgIpc) is 2.30. The Labute approximate surface area is 121 Å². The molecule has 19 heavy (non-hydrogen) atoms. The summed E-state index contributed by atoms with van der Waals surface area (Å²) in [7, 11) is 2.20. The van der Waals surface area contributed by atoms with E-state index in [-0.39, 0.29) is 0 Å². The van der Waals surface area contributed by atoms with Crippen LogP contribution in [-0.2, 0) is 4.74 Å². The highest BCUT2D eigenvalue weighted by Crippen LogP contribution is 2.09. The van der Waals surface area contributed by atoms with Gasteiger partial charge in [0.2, 0.25) is 0 Å². The Morgan fingerprint density at radius 1 is 0.789 bits per heavy atom. The van der Waals surface area contributed by atoms with Gasteiger partial charge in [-0.05, 0) is 31.7 Å². The number of unbranched alkanes of at least 4 members (excludes halogenated alkanes) is 3. The summed E-state index contributed by atoms with van der Waals surface area (Å²) in [6, 6.07) is 0. The van der Waals surface area contributed by atoms with Crippen molar-refractivity contribution < 1.29 is 4.74 Å². The number of nitrogens with zero attached hydrogens (tertiary/aromatic N) is 1. The third-order valence-electron chi connectivity index (χ3n) is 3.33. The fourth-order valence-electron chi connectivity index (χ4n) is 2.36. The Bertz CT molecular complexity index is 180. The summed E-state index contributed by atoms with van der Waals surface area (Å²) in [6.07, 6.45) is 7.87. The van der Waals surface area contributed by atoms with Gasteiger partial charge in [0, 0.05) is 26.3 Å². The standard InChI is InChI=1S/C17H37NO/c1-16(2)11-8-6-7-9-13-19-14-10-12-18(5)15-17(3)4/h16-17H,6-15H2,1-5H3. The van der Waals surface area contributed by atoms with E-state index in [0.717, 1.165) is 38.0 Å². The lowest BCUT2D eigenvalue weighted by Gasteiger charge is -2.18. The van der Waals surface area contributed by atoms with E-state index >= 15 is 0 Å². The van der Waals surface area contributed by atoms with Crippen LogP contribution in [0.5, 0.6) is 0 Å². The number of hydrogen-bond donors (Lipinski definition) is 0. The molecule has 0 saturated heterocycles. The molecule has 0 rings (SSSR count). The van der Waals surface area contributed by atoms with Crippen molar-refractivity contribution in [2.75, 3.05) is 33.4 Å². The van der Waals surface area contributed by atoms with Gasteiger partial charge in [-0.3, -0.25) is 0 Å². The molecule has 0 aliphatic carbocycles. The molecule has 0 N–H and O–H groups in total. The van der Waals surface area contributed by atoms with Crippen molar-refractivity contribution in [2.45, 2.75) is 66.2 Å². The van der Waals surface area contributed by atoms with Gasteiger partial charge < -0.3 is 9.64 Å². The van der Waals surface area contributed by atoms with E-state index in [2.05, 4.69) is 39.6 Å². The first-order chi connectivity index (χ1) is 9.02. The van der Waals surface area contributed by atoms with Crippen LogP contribution in [0, 0.1) is 11.8 Å². The molecule has 0 saturated carbocycles. The summed E-state index contributed by atoms with van der Waals surface area (Å²) in [5, 5.41) is 0. The Kier molecular flexibility index (Phi) is 12.9. The largest absolute Gasteiger partial charge is 0.381 e. The first kappa shape index (κ1) is 18.9. The van der Waals surface area contributed by atoms with Crippen molar-refractivity contribution in [2.24, 2.45) is 11.8 Å². The fraction of sp³-hybridized carbons (Fsp3) is 1.00. The smallest absolute Gasteiger partial charge is 0.0478 e. The van der Waals surface area contributed by atoms with E-state index in [1.807, 2.05) is 0 Å². The summed E-state index contributed by atoms with van der Waals surface area (Å²) in [5.74, 6) is 1.62. The van der Waals surface area contributed by atoms with Gasteiger partial charge in [0.05, 0.1) is 0 Å². The molecule has 0 aromatic carbocycles. The molecule has 0 bridgehead atoms. The lowest BCUT2D eigenvalue weighted by atomic mass is 10.0. The SMILES string of the molecule is CC(C)CCCCCCOCCCN(C)CC(C)C. The van der Waals surface area contributed by atoms with Crippen LogP contribution in [0.4, 0.5) is 0 Å². The second kappa shape index (κ2) is 12.9. The summed E-state index contributed by atoms with van der Waals surface area (Å²) < 4.78 is 5.69. The molecule has 0 aliphatic heterocycles. The topological polar surface area (TPSA) is 12.5 Å². The van der Waals surface area contributed by atoms with Gasteiger partial charge in [-0.1, -0.05) is 53.4 Å². The minimum Gasteiger partial charge on any atom is -0.381 e. The van der Waals surface area contributed by atoms with Gasteiger partial charge in [-0.25, -0.2) is 0 Å². The van der Waals surface area contributed by atoms with Crippen molar-refractivity contribution in [1.82, 2.24) is 4.90 Å². The normalized spacial score (nSPS) is 12.0. The molecule has 0 aromatic heterocycles. The maximum atomic E-state index is 5.69. The Hall–Kier alpha value is -0.0800. The van der Waals surface area contributed by atoms with Crippen LogP contribution in [0.1, 0.15) is 66.2 Å². The molecule has 0 amide bonds. The van der Waals surface area contributed by atoms with Gasteiger partial charge in [0.15, 0.2) is 0 Å². The molecule has 2 heteroatoms. The molecule has 0 unspecified atom stereocenters. The van der Waals surface area contributed by atoms with Crippen LogP contribution < -0.4 is 0 Å². The molecule has 0 radical (unpaired) electrons. The molecular weight excluding hydrogens is 234 g/mol. The Morgan fingerprint density at radius 2 is 1.42 bits per heavy atom. The van der Waals surface area contributed by atoms with Crippen molar-refractivity contribution >= 4 is 0 Å². The maximum absolute atomic E-state index is 5.69. The zero-order valence-corrected chi connectivity index (χ0v) is 14.1. The highest BCUT2D eigenvalue weighted by Gasteiger charge is 2.01. The van der Waals surface area contributed by atoms with Crippen LogP contribution in [0.25, 0.3) is 0 Å². The average molecular weight is 271 g/mol. The molecule has 0 heterocycles. The zero-order valence-electron chi connectivity index (χ0n) is 14.1. The summed E-state index contributed by atoms with van der Waals surface area (Å²) in [4.78, 5) is 2.40. The molecule has 0 spiro atoms. The first-order valence-corrected chi connectivity index (χ1v) is 8.28.